The molecular formula is C33H35FN2O3. The predicted molar refractivity (Wildman–Crippen MR) is 151 cm³/mol. The highest BCUT2D eigenvalue weighted by atomic mass is 19.1. The van der Waals surface area contributed by atoms with Crippen LogP contribution in [-0.4, -0.2) is 24.1 Å². The minimum atomic E-state index is -0.291. The van der Waals surface area contributed by atoms with Crippen LogP contribution in [0.3, 0.4) is 0 Å². The first-order valence-electron chi connectivity index (χ1n) is 13.9. The third-order valence-corrected chi connectivity index (χ3v) is 9.35. The quantitative estimate of drug-likeness (QED) is 0.268. The highest BCUT2D eigenvalue weighted by molar-refractivity contribution is 5.93. The second kappa shape index (κ2) is 10.5. The lowest BCUT2D eigenvalue weighted by atomic mass is 9.55. The maximum atomic E-state index is 13.2. The molecule has 0 aromatic heterocycles. The number of benzene rings is 3. The normalized spacial score (nSPS) is 26.7. The molecule has 0 radical (unpaired) electrons. The molecule has 3 aliphatic carbocycles. The molecule has 0 bridgehead atoms. The number of phenolic OH excluding ortho intramolecular Hbond substituents is 1. The standard InChI is InChI=1S/C33H35FN2O3/c1-33-16-15-28-27-11-7-25(37)18-22(27)4-10-29(28)30(33)12-14-32(33)36-35-19-21-3-13-31(38-2)23(17-21)20-39-26-8-5-24(34)6-9-26/h3,5-9,11,13,17-19,28-30,37H,4,10,12,14-16,20H2,1-2H3/b35-19-,36-32-/t28-,29+,30+,33-/m1/s1. The predicted octanol–water partition coefficient (Wildman–Crippen LogP) is 7.45. The van der Waals surface area contributed by atoms with E-state index in [4.69, 9.17) is 14.6 Å². The van der Waals surface area contributed by atoms with E-state index in [2.05, 4.69) is 18.1 Å². The molecule has 0 amide bonds. The molecule has 6 rings (SSSR count). The Morgan fingerprint density at radius 3 is 2.69 bits per heavy atom. The molecule has 6 heteroatoms. The van der Waals surface area contributed by atoms with Gasteiger partial charge in [0, 0.05) is 16.7 Å². The van der Waals surface area contributed by atoms with E-state index in [1.54, 1.807) is 25.5 Å². The van der Waals surface area contributed by atoms with E-state index in [0.29, 0.717) is 35.9 Å². The lowest BCUT2D eigenvalue weighted by Gasteiger charge is -2.49. The van der Waals surface area contributed by atoms with Crippen LogP contribution in [-0.2, 0) is 13.0 Å². The number of rotatable bonds is 6. The van der Waals surface area contributed by atoms with E-state index in [0.717, 1.165) is 42.6 Å². The zero-order valence-corrected chi connectivity index (χ0v) is 22.6. The Hall–Kier alpha value is -3.67. The number of aryl methyl sites for hydroxylation is 1. The number of hydrogen-bond acceptors (Lipinski definition) is 5. The van der Waals surface area contributed by atoms with Crippen LogP contribution in [0.4, 0.5) is 4.39 Å². The van der Waals surface area contributed by atoms with Gasteiger partial charge >= 0.3 is 0 Å². The lowest BCUT2D eigenvalue weighted by Crippen LogP contribution is -2.42. The number of ether oxygens (including phenoxy) is 2. The Balaban J connectivity index is 1.16. The fourth-order valence-corrected chi connectivity index (χ4v) is 7.37. The Morgan fingerprint density at radius 1 is 1.03 bits per heavy atom. The van der Waals surface area contributed by atoms with Crippen LogP contribution in [0.5, 0.6) is 17.2 Å². The van der Waals surface area contributed by atoms with Gasteiger partial charge in [0.2, 0.25) is 0 Å². The zero-order valence-electron chi connectivity index (χ0n) is 22.6. The van der Waals surface area contributed by atoms with Crippen LogP contribution in [0.25, 0.3) is 0 Å². The van der Waals surface area contributed by atoms with E-state index < -0.39 is 0 Å². The summed E-state index contributed by atoms with van der Waals surface area (Å²) in [5.74, 6) is 3.30. The van der Waals surface area contributed by atoms with Gasteiger partial charge in [0.15, 0.2) is 0 Å². The van der Waals surface area contributed by atoms with Crippen LogP contribution in [0.1, 0.15) is 67.2 Å². The summed E-state index contributed by atoms with van der Waals surface area (Å²) in [6.07, 6.45) is 8.50. The SMILES string of the molecule is COc1ccc(/C=N\N=C2\CC[C@H]3[C@H]4CCc5cc(O)ccc5[C@H]4CC[C@@]23C)cc1COc1ccc(F)cc1. The number of aromatic hydroxyl groups is 1. The molecule has 1 N–H and O–H groups in total. The summed E-state index contributed by atoms with van der Waals surface area (Å²) in [5.41, 5.74) is 5.92. The van der Waals surface area contributed by atoms with Gasteiger partial charge in [-0.1, -0.05) is 13.0 Å². The van der Waals surface area contributed by atoms with Gasteiger partial charge in [-0.3, -0.25) is 0 Å². The van der Waals surface area contributed by atoms with E-state index in [1.165, 1.54) is 41.8 Å². The van der Waals surface area contributed by atoms with Crippen molar-refractivity contribution in [1.82, 2.24) is 0 Å². The number of halogens is 1. The fourth-order valence-electron chi connectivity index (χ4n) is 7.37. The van der Waals surface area contributed by atoms with Crippen molar-refractivity contribution in [2.75, 3.05) is 7.11 Å². The van der Waals surface area contributed by atoms with Gasteiger partial charge in [-0.2, -0.15) is 10.2 Å². The lowest BCUT2D eigenvalue weighted by molar-refractivity contribution is 0.0955. The maximum absolute atomic E-state index is 13.2. The van der Waals surface area contributed by atoms with Crippen molar-refractivity contribution in [3.63, 3.8) is 0 Å². The molecule has 0 saturated heterocycles. The van der Waals surface area contributed by atoms with Gasteiger partial charge in [-0.05, 0) is 128 Å². The summed E-state index contributed by atoms with van der Waals surface area (Å²) in [7, 11) is 1.64. The maximum Gasteiger partial charge on any atom is 0.125 e. The van der Waals surface area contributed by atoms with E-state index >= 15 is 0 Å². The molecule has 0 spiro atoms. The molecule has 2 fully saturated rings. The Labute approximate surface area is 229 Å². The molecule has 3 aromatic rings. The monoisotopic (exact) mass is 526 g/mol. The average molecular weight is 527 g/mol. The molecule has 0 unspecified atom stereocenters. The Kier molecular flexibility index (Phi) is 6.88. The van der Waals surface area contributed by atoms with E-state index in [-0.39, 0.29) is 11.2 Å². The molecular weight excluding hydrogens is 491 g/mol. The Morgan fingerprint density at radius 2 is 1.87 bits per heavy atom. The van der Waals surface area contributed by atoms with Crippen LogP contribution in [0.2, 0.25) is 0 Å². The van der Waals surface area contributed by atoms with Crippen LogP contribution < -0.4 is 9.47 Å². The van der Waals surface area contributed by atoms with Crippen molar-refractivity contribution in [1.29, 1.82) is 0 Å². The molecule has 5 nitrogen and oxygen atoms in total. The van der Waals surface area contributed by atoms with Crippen molar-refractivity contribution in [3.05, 3.63) is 88.7 Å². The molecule has 0 aliphatic heterocycles. The minimum absolute atomic E-state index is 0.0982. The smallest absolute Gasteiger partial charge is 0.125 e. The summed E-state index contributed by atoms with van der Waals surface area (Å²) < 4.78 is 24.6. The van der Waals surface area contributed by atoms with Crippen molar-refractivity contribution < 1.29 is 19.0 Å². The number of hydrogen-bond donors (Lipinski definition) is 1. The largest absolute Gasteiger partial charge is 0.508 e. The summed E-state index contributed by atoms with van der Waals surface area (Å²) in [5, 5.41) is 19.3. The third kappa shape index (κ3) is 4.93. The second-order valence-electron chi connectivity index (χ2n) is 11.4. The zero-order chi connectivity index (χ0) is 27.0. The van der Waals surface area contributed by atoms with Gasteiger partial charge in [0.05, 0.1) is 13.3 Å². The summed E-state index contributed by atoms with van der Waals surface area (Å²) >= 11 is 0. The number of fused-ring (bicyclic) bond motifs is 5. The van der Waals surface area contributed by atoms with Crippen molar-refractivity contribution in [2.24, 2.45) is 27.5 Å². The second-order valence-corrected chi connectivity index (χ2v) is 11.4. The van der Waals surface area contributed by atoms with Crippen LogP contribution in [0, 0.1) is 23.1 Å². The number of nitrogens with zero attached hydrogens (tertiary/aromatic N) is 2. The number of methoxy groups -OCH3 is 1. The molecule has 2 saturated carbocycles. The van der Waals surface area contributed by atoms with Crippen LogP contribution >= 0.6 is 0 Å². The summed E-state index contributed by atoms with van der Waals surface area (Å²) in [4.78, 5) is 0. The van der Waals surface area contributed by atoms with Gasteiger partial charge in [0.25, 0.3) is 0 Å². The minimum Gasteiger partial charge on any atom is -0.508 e. The highest BCUT2D eigenvalue weighted by Crippen LogP contribution is 2.60. The van der Waals surface area contributed by atoms with E-state index in [9.17, 15) is 9.50 Å². The van der Waals surface area contributed by atoms with Gasteiger partial charge in [-0.25, -0.2) is 4.39 Å². The first-order chi connectivity index (χ1) is 18.9. The van der Waals surface area contributed by atoms with Gasteiger partial charge in [0.1, 0.15) is 29.7 Å². The average Bonchev–Trinajstić information content (AvgIpc) is 3.28. The summed E-state index contributed by atoms with van der Waals surface area (Å²) in [6.45, 7) is 2.70. The van der Waals surface area contributed by atoms with Gasteiger partial charge in [-0.15, -0.1) is 0 Å². The van der Waals surface area contributed by atoms with Crippen molar-refractivity contribution in [3.8, 4) is 17.2 Å². The van der Waals surface area contributed by atoms with Crippen molar-refractivity contribution in [2.45, 2.75) is 58.0 Å². The van der Waals surface area contributed by atoms with Gasteiger partial charge < -0.3 is 14.6 Å². The molecule has 0 heterocycles. The van der Waals surface area contributed by atoms with E-state index in [1.807, 2.05) is 30.3 Å². The van der Waals surface area contributed by atoms with Crippen LogP contribution in [0.15, 0.2) is 70.9 Å². The fraction of sp³-hybridized carbons (Fsp3) is 0.394. The highest BCUT2D eigenvalue weighted by Gasteiger charge is 2.53. The third-order valence-electron chi connectivity index (χ3n) is 9.35. The molecule has 3 aromatic carbocycles. The number of phenols is 1. The Bertz CT molecular complexity index is 1420. The topological polar surface area (TPSA) is 63.4 Å². The molecule has 4 atom stereocenters. The first kappa shape index (κ1) is 25.6. The van der Waals surface area contributed by atoms with Crippen molar-refractivity contribution >= 4 is 11.9 Å². The molecule has 39 heavy (non-hydrogen) atoms. The molecule has 3 aliphatic rings. The summed E-state index contributed by atoms with van der Waals surface area (Å²) in [6, 6.07) is 17.8. The first-order valence-corrected chi connectivity index (χ1v) is 13.9. The molecule has 202 valence electrons.